The van der Waals surface area contributed by atoms with Gasteiger partial charge in [0.25, 0.3) is 5.91 Å². The number of carbonyl (C=O) groups excluding carboxylic acids is 1. The minimum absolute atomic E-state index is 0.103. The predicted octanol–water partition coefficient (Wildman–Crippen LogP) is 2.18. The number of halogens is 1. The molecule has 0 spiro atoms. The molecule has 1 rings (SSSR count). The van der Waals surface area contributed by atoms with Crippen LogP contribution >= 0.6 is 11.6 Å². The molecule has 1 aromatic carbocycles. The van der Waals surface area contributed by atoms with E-state index in [0.29, 0.717) is 17.3 Å². The van der Waals surface area contributed by atoms with Gasteiger partial charge < -0.3 is 15.0 Å². The molecular formula is C14H21ClN2O2. The predicted molar refractivity (Wildman–Crippen MR) is 77.7 cm³/mol. The highest BCUT2D eigenvalue weighted by Crippen LogP contribution is 2.16. The molecule has 0 aliphatic rings. The molecule has 0 bridgehead atoms. The lowest BCUT2D eigenvalue weighted by molar-refractivity contribution is -0.127. The zero-order valence-corrected chi connectivity index (χ0v) is 12.4. The maximum atomic E-state index is 11.8. The number of hydrogen-bond donors (Lipinski definition) is 1. The van der Waals surface area contributed by atoms with E-state index in [1.165, 1.54) is 0 Å². The summed E-state index contributed by atoms with van der Waals surface area (Å²) in [6, 6.07) is 6.97. The van der Waals surface area contributed by atoms with Gasteiger partial charge in [0.15, 0.2) is 6.10 Å². The molecule has 106 valence electrons. The Bertz CT molecular complexity index is 393. The second-order valence-corrected chi connectivity index (χ2v) is 5.10. The molecule has 1 amide bonds. The van der Waals surface area contributed by atoms with E-state index in [1.54, 1.807) is 31.2 Å². The third kappa shape index (κ3) is 6.45. The van der Waals surface area contributed by atoms with Crippen molar-refractivity contribution in [3.8, 4) is 5.75 Å². The summed E-state index contributed by atoms with van der Waals surface area (Å²) in [7, 11) is 4.02. The summed E-state index contributed by atoms with van der Waals surface area (Å²) >= 11 is 5.78. The summed E-state index contributed by atoms with van der Waals surface area (Å²) in [6.07, 6.45) is 0.410. The quantitative estimate of drug-likeness (QED) is 0.780. The first-order valence-electron chi connectivity index (χ1n) is 6.33. The molecular weight excluding hydrogens is 264 g/mol. The lowest BCUT2D eigenvalue weighted by Gasteiger charge is -2.15. The molecule has 0 heterocycles. The molecule has 0 saturated heterocycles. The number of rotatable bonds is 7. The molecule has 1 unspecified atom stereocenters. The van der Waals surface area contributed by atoms with Crippen molar-refractivity contribution in [2.45, 2.75) is 19.4 Å². The topological polar surface area (TPSA) is 41.6 Å². The van der Waals surface area contributed by atoms with Crippen molar-refractivity contribution in [3.05, 3.63) is 29.3 Å². The van der Waals surface area contributed by atoms with Gasteiger partial charge in [-0.05, 0) is 58.3 Å². The molecule has 19 heavy (non-hydrogen) atoms. The van der Waals surface area contributed by atoms with E-state index < -0.39 is 6.10 Å². The van der Waals surface area contributed by atoms with Gasteiger partial charge in [-0.1, -0.05) is 11.6 Å². The van der Waals surface area contributed by atoms with E-state index in [4.69, 9.17) is 16.3 Å². The van der Waals surface area contributed by atoms with Crippen LogP contribution in [0.25, 0.3) is 0 Å². The molecule has 0 radical (unpaired) electrons. The van der Waals surface area contributed by atoms with Gasteiger partial charge in [-0.15, -0.1) is 0 Å². The second-order valence-electron chi connectivity index (χ2n) is 4.66. The zero-order chi connectivity index (χ0) is 14.3. The first kappa shape index (κ1) is 15.8. The Morgan fingerprint density at radius 2 is 2.00 bits per heavy atom. The van der Waals surface area contributed by atoms with E-state index >= 15 is 0 Å². The third-order valence-electron chi connectivity index (χ3n) is 2.58. The molecule has 1 N–H and O–H groups in total. The van der Waals surface area contributed by atoms with E-state index in [0.717, 1.165) is 13.0 Å². The summed E-state index contributed by atoms with van der Waals surface area (Å²) in [6.45, 7) is 3.34. The first-order chi connectivity index (χ1) is 8.99. The summed E-state index contributed by atoms with van der Waals surface area (Å²) in [4.78, 5) is 13.9. The van der Waals surface area contributed by atoms with Gasteiger partial charge in [-0.3, -0.25) is 4.79 Å². The van der Waals surface area contributed by atoms with Crippen LogP contribution in [0.2, 0.25) is 5.02 Å². The van der Waals surface area contributed by atoms with Crippen LogP contribution in [0.5, 0.6) is 5.75 Å². The fourth-order valence-corrected chi connectivity index (χ4v) is 1.65. The number of hydrogen-bond acceptors (Lipinski definition) is 3. The highest BCUT2D eigenvalue weighted by atomic mass is 35.5. The first-order valence-corrected chi connectivity index (χ1v) is 6.71. The summed E-state index contributed by atoms with van der Waals surface area (Å²) < 4.78 is 5.53. The van der Waals surface area contributed by atoms with Crippen molar-refractivity contribution in [2.75, 3.05) is 27.2 Å². The fourth-order valence-electron chi connectivity index (χ4n) is 1.52. The van der Waals surface area contributed by atoms with Crippen molar-refractivity contribution >= 4 is 17.5 Å². The van der Waals surface area contributed by atoms with Crippen LogP contribution in [0.4, 0.5) is 0 Å². The van der Waals surface area contributed by atoms with Crippen LogP contribution in [0.15, 0.2) is 24.3 Å². The van der Waals surface area contributed by atoms with Gasteiger partial charge in [0.05, 0.1) is 0 Å². The van der Waals surface area contributed by atoms with E-state index in [1.807, 2.05) is 14.1 Å². The van der Waals surface area contributed by atoms with Crippen molar-refractivity contribution in [1.82, 2.24) is 10.2 Å². The Morgan fingerprint density at radius 3 is 2.58 bits per heavy atom. The van der Waals surface area contributed by atoms with Crippen LogP contribution in [0, 0.1) is 0 Å². The Hall–Kier alpha value is -1.26. The Morgan fingerprint density at radius 1 is 1.37 bits per heavy atom. The lowest BCUT2D eigenvalue weighted by Crippen LogP contribution is -2.37. The molecule has 4 nitrogen and oxygen atoms in total. The largest absolute Gasteiger partial charge is 0.481 e. The molecule has 5 heteroatoms. The molecule has 1 atom stereocenters. The minimum Gasteiger partial charge on any atom is -0.481 e. The second kappa shape index (κ2) is 8.02. The molecule has 0 aliphatic carbocycles. The molecule has 0 aliphatic heterocycles. The molecule has 0 saturated carbocycles. The standard InChI is InChI=1S/C14H21ClN2O2/c1-11(14(18)16-9-4-10-17(2)3)19-13-7-5-12(15)6-8-13/h5-8,11H,4,9-10H2,1-3H3,(H,16,18). The fraction of sp³-hybridized carbons (Fsp3) is 0.500. The minimum atomic E-state index is -0.513. The maximum absolute atomic E-state index is 11.8. The average Bonchev–Trinajstić information content (AvgIpc) is 2.36. The maximum Gasteiger partial charge on any atom is 0.260 e. The van der Waals surface area contributed by atoms with Gasteiger partial charge in [-0.25, -0.2) is 0 Å². The summed E-state index contributed by atoms with van der Waals surface area (Å²) in [5.41, 5.74) is 0. The SMILES string of the molecule is CC(Oc1ccc(Cl)cc1)C(=O)NCCCN(C)C. The Labute approximate surface area is 119 Å². The monoisotopic (exact) mass is 284 g/mol. The van der Waals surface area contributed by atoms with Crippen molar-refractivity contribution in [3.63, 3.8) is 0 Å². The highest BCUT2D eigenvalue weighted by molar-refractivity contribution is 6.30. The van der Waals surface area contributed by atoms with Crippen LogP contribution in [0.3, 0.4) is 0 Å². The van der Waals surface area contributed by atoms with Crippen LogP contribution in [-0.2, 0) is 4.79 Å². The number of amides is 1. The average molecular weight is 285 g/mol. The van der Waals surface area contributed by atoms with Crippen molar-refractivity contribution in [1.29, 1.82) is 0 Å². The van der Waals surface area contributed by atoms with Crippen LogP contribution in [-0.4, -0.2) is 44.1 Å². The number of nitrogens with one attached hydrogen (secondary N) is 1. The summed E-state index contributed by atoms with van der Waals surface area (Å²) in [5.74, 6) is 0.536. The van der Waals surface area contributed by atoms with E-state index in [9.17, 15) is 4.79 Å². The van der Waals surface area contributed by atoms with Gasteiger partial charge in [0.1, 0.15) is 5.75 Å². The Balaban J connectivity index is 2.30. The normalized spacial score (nSPS) is 12.3. The van der Waals surface area contributed by atoms with Gasteiger partial charge in [-0.2, -0.15) is 0 Å². The van der Waals surface area contributed by atoms with Gasteiger partial charge in [0.2, 0.25) is 0 Å². The number of nitrogens with zero attached hydrogens (tertiary/aromatic N) is 1. The van der Waals surface area contributed by atoms with Crippen molar-refractivity contribution < 1.29 is 9.53 Å². The van der Waals surface area contributed by atoms with Crippen molar-refractivity contribution in [2.24, 2.45) is 0 Å². The summed E-state index contributed by atoms with van der Waals surface area (Å²) in [5, 5.41) is 3.50. The Kier molecular flexibility index (Phi) is 6.67. The van der Waals surface area contributed by atoms with Gasteiger partial charge >= 0.3 is 0 Å². The number of carbonyl (C=O) groups is 1. The molecule has 1 aromatic rings. The molecule has 0 fully saturated rings. The van der Waals surface area contributed by atoms with Gasteiger partial charge in [0, 0.05) is 11.6 Å². The third-order valence-corrected chi connectivity index (χ3v) is 2.83. The van der Waals surface area contributed by atoms with E-state index in [-0.39, 0.29) is 5.91 Å². The number of benzene rings is 1. The molecule has 0 aromatic heterocycles. The van der Waals surface area contributed by atoms with Crippen LogP contribution < -0.4 is 10.1 Å². The zero-order valence-electron chi connectivity index (χ0n) is 11.6. The van der Waals surface area contributed by atoms with E-state index in [2.05, 4.69) is 10.2 Å². The lowest BCUT2D eigenvalue weighted by atomic mass is 10.3. The van der Waals surface area contributed by atoms with Crippen LogP contribution in [0.1, 0.15) is 13.3 Å². The smallest absolute Gasteiger partial charge is 0.260 e. The highest BCUT2D eigenvalue weighted by Gasteiger charge is 2.13. The number of ether oxygens (including phenoxy) is 1.